The summed E-state index contributed by atoms with van der Waals surface area (Å²) in [5.74, 6) is 1.21. The second-order valence-electron chi connectivity index (χ2n) is 3.09. The average Bonchev–Trinajstić information content (AvgIpc) is 2.34. The van der Waals surface area contributed by atoms with Gasteiger partial charge in [0.15, 0.2) is 25.1 Å². The van der Waals surface area contributed by atoms with Crippen LogP contribution in [-0.2, 0) is 16.0 Å². The van der Waals surface area contributed by atoms with Crippen molar-refractivity contribution in [2.75, 3.05) is 27.8 Å². The van der Waals surface area contributed by atoms with Gasteiger partial charge in [0.2, 0.25) is 0 Å². The predicted molar refractivity (Wildman–Crippen MR) is 59.3 cm³/mol. The lowest BCUT2D eigenvalue weighted by Gasteiger charge is -2.12. The molecule has 0 saturated carbocycles. The van der Waals surface area contributed by atoms with Crippen molar-refractivity contribution in [3.8, 4) is 11.5 Å². The fourth-order valence-electron chi connectivity index (χ4n) is 1.16. The fraction of sp³-hybridized carbons (Fsp3) is 0.455. The number of rotatable bonds is 7. The molecule has 0 unspecified atom stereocenters. The van der Waals surface area contributed by atoms with Crippen LogP contribution in [0.25, 0.3) is 0 Å². The molecule has 0 amide bonds. The Kier molecular flexibility index (Phi) is 5.63. The molecular formula is C11H17NO4. The van der Waals surface area contributed by atoms with Crippen molar-refractivity contribution in [3.63, 3.8) is 0 Å². The van der Waals surface area contributed by atoms with Crippen LogP contribution in [0, 0.1) is 0 Å². The van der Waals surface area contributed by atoms with Crippen LogP contribution in [0.1, 0.15) is 5.56 Å². The lowest BCUT2D eigenvalue weighted by atomic mass is 10.2. The molecule has 0 bridgehead atoms. The van der Waals surface area contributed by atoms with Crippen molar-refractivity contribution < 1.29 is 18.9 Å². The van der Waals surface area contributed by atoms with Gasteiger partial charge in [0.05, 0.1) is 0 Å². The molecule has 0 aliphatic carbocycles. The molecule has 5 heteroatoms. The predicted octanol–water partition coefficient (Wildman–Crippen LogP) is 1.11. The van der Waals surface area contributed by atoms with Gasteiger partial charge in [-0.15, -0.1) is 0 Å². The summed E-state index contributed by atoms with van der Waals surface area (Å²) in [5, 5.41) is 0. The summed E-state index contributed by atoms with van der Waals surface area (Å²) in [5.41, 5.74) is 6.51. The maximum absolute atomic E-state index is 5.55. The van der Waals surface area contributed by atoms with E-state index in [0.717, 1.165) is 5.56 Å². The summed E-state index contributed by atoms with van der Waals surface area (Å²) in [6, 6.07) is 5.50. The van der Waals surface area contributed by atoms with E-state index in [4.69, 9.17) is 24.7 Å². The highest BCUT2D eigenvalue weighted by molar-refractivity contribution is 5.42. The molecule has 0 radical (unpaired) electrons. The fourth-order valence-corrected chi connectivity index (χ4v) is 1.16. The summed E-state index contributed by atoms with van der Waals surface area (Å²) in [4.78, 5) is 0. The van der Waals surface area contributed by atoms with Gasteiger partial charge in [-0.25, -0.2) is 0 Å². The van der Waals surface area contributed by atoms with Gasteiger partial charge < -0.3 is 24.7 Å². The zero-order valence-electron chi connectivity index (χ0n) is 9.56. The second kappa shape index (κ2) is 7.05. The van der Waals surface area contributed by atoms with Crippen molar-refractivity contribution in [2.24, 2.45) is 5.73 Å². The molecular weight excluding hydrogens is 210 g/mol. The Balaban J connectivity index is 2.78. The van der Waals surface area contributed by atoms with Crippen LogP contribution in [0.4, 0.5) is 0 Å². The molecule has 0 aromatic heterocycles. The Labute approximate surface area is 95.1 Å². The Bertz CT molecular complexity index is 317. The first-order valence-corrected chi connectivity index (χ1v) is 4.88. The third kappa shape index (κ3) is 3.69. The number of benzene rings is 1. The number of hydrogen-bond donors (Lipinski definition) is 1. The van der Waals surface area contributed by atoms with Gasteiger partial charge in [-0.05, 0) is 17.7 Å². The summed E-state index contributed by atoms with van der Waals surface area (Å²) >= 11 is 0. The summed E-state index contributed by atoms with van der Waals surface area (Å²) in [7, 11) is 3.12. The van der Waals surface area contributed by atoms with Crippen LogP contribution in [-0.4, -0.2) is 27.8 Å². The molecule has 5 nitrogen and oxygen atoms in total. The van der Waals surface area contributed by atoms with Gasteiger partial charge in [-0.3, -0.25) is 0 Å². The van der Waals surface area contributed by atoms with E-state index in [2.05, 4.69) is 0 Å². The minimum absolute atomic E-state index is 0.164. The van der Waals surface area contributed by atoms with Crippen molar-refractivity contribution >= 4 is 0 Å². The summed E-state index contributed by atoms with van der Waals surface area (Å²) in [6.45, 7) is 0.788. The van der Waals surface area contributed by atoms with Crippen molar-refractivity contribution in [1.82, 2.24) is 0 Å². The minimum Gasteiger partial charge on any atom is -0.464 e. The van der Waals surface area contributed by atoms with Crippen molar-refractivity contribution in [2.45, 2.75) is 6.54 Å². The topological polar surface area (TPSA) is 62.9 Å². The number of hydrogen-bond acceptors (Lipinski definition) is 5. The smallest absolute Gasteiger partial charge is 0.188 e. The van der Waals surface area contributed by atoms with Gasteiger partial charge in [0.1, 0.15) is 0 Å². The highest BCUT2D eigenvalue weighted by atomic mass is 16.7. The SMILES string of the molecule is COCOc1ccc(CN)cc1OCOC. The van der Waals surface area contributed by atoms with Gasteiger partial charge in [0, 0.05) is 20.8 Å². The standard InChI is InChI=1S/C11H17NO4/c1-13-7-15-10-4-3-9(6-12)5-11(10)16-8-14-2/h3-5H,6-8,12H2,1-2H3. The maximum Gasteiger partial charge on any atom is 0.188 e. The van der Waals surface area contributed by atoms with Crippen LogP contribution in [0.2, 0.25) is 0 Å². The van der Waals surface area contributed by atoms with E-state index in [-0.39, 0.29) is 13.6 Å². The molecule has 1 aromatic carbocycles. The molecule has 16 heavy (non-hydrogen) atoms. The Hall–Kier alpha value is -1.30. The molecule has 1 rings (SSSR count). The average molecular weight is 227 g/mol. The normalized spacial score (nSPS) is 10.2. The molecule has 0 atom stereocenters. The molecule has 0 heterocycles. The molecule has 0 fully saturated rings. The first kappa shape index (κ1) is 12.8. The molecule has 0 spiro atoms. The Morgan fingerprint density at radius 2 is 1.62 bits per heavy atom. The van der Waals surface area contributed by atoms with E-state index < -0.39 is 0 Å². The minimum atomic E-state index is 0.164. The van der Waals surface area contributed by atoms with E-state index in [1.807, 2.05) is 12.1 Å². The highest BCUT2D eigenvalue weighted by Gasteiger charge is 2.06. The van der Waals surface area contributed by atoms with Gasteiger partial charge in [0.25, 0.3) is 0 Å². The summed E-state index contributed by atoms with van der Waals surface area (Å²) < 4.78 is 20.4. The third-order valence-electron chi connectivity index (χ3n) is 1.91. The maximum atomic E-state index is 5.55. The largest absolute Gasteiger partial charge is 0.464 e. The lowest BCUT2D eigenvalue weighted by Crippen LogP contribution is -2.05. The molecule has 1 aromatic rings. The van der Waals surface area contributed by atoms with Crippen molar-refractivity contribution in [1.29, 1.82) is 0 Å². The molecule has 2 N–H and O–H groups in total. The van der Waals surface area contributed by atoms with Gasteiger partial charge in [-0.1, -0.05) is 6.07 Å². The molecule has 0 aliphatic rings. The van der Waals surface area contributed by atoms with Crippen molar-refractivity contribution in [3.05, 3.63) is 23.8 Å². The zero-order chi connectivity index (χ0) is 11.8. The van der Waals surface area contributed by atoms with Crippen LogP contribution in [0.15, 0.2) is 18.2 Å². The zero-order valence-corrected chi connectivity index (χ0v) is 9.56. The lowest BCUT2D eigenvalue weighted by molar-refractivity contribution is 0.0322. The first-order valence-electron chi connectivity index (χ1n) is 4.88. The second-order valence-corrected chi connectivity index (χ2v) is 3.09. The molecule has 90 valence electrons. The highest BCUT2D eigenvalue weighted by Crippen LogP contribution is 2.28. The summed E-state index contributed by atoms with van der Waals surface area (Å²) in [6.07, 6.45) is 0. The van der Waals surface area contributed by atoms with Gasteiger partial charge in [-0.2, -0.15) is 0 Å². The van der Waals surface area contributed by atoms with Gasteiger partial charge >= 0.3 is 0 Å². The van der Waals surface area contributed by atoms with Crippen LogP contribution >= 0.6 is 0 Å². The number of ether oxygens (including phenoxy) is 4. The molecule has 0 saturated heterocycles. The quantitative estimate of drug-likeness (QED) is 0.707. The Morgan fingerprint density at radius 3 is 2.19 bits per heavy atom. The monoisotopic (exact) mass is 227 g/mol. The third-order valence-corrected chi connectivity index (χ3v) is 1.91. The Morgan fingerprint density at radius 1 is 1.00 bits per heavy atom. The number of nitrogens with two attached hydrogens (primary N) is 1. The first-order chi connectivity index (χ1) is 7.81. The van der Waals surface area contributed by atoms with E-state index in [1.165, 1.54) is 0 Å². The van der Waals surface area contributed by atoms with E-state index >= 15 is 0 Å². The van der Waals surface area contributed by atoms with Crippen LogP contribution < -0.4 is 15.2 Å². The van der Waals surface area contributed by atoms with E-state index in [1.54, 1.807) is 20.3 Å². The van der Waals surface area contributed by atoms with E-state index in [0.29, 0.717) is 18.0 Å². The van der Waals surface area contributed by atoms with Crippen LogP contribution in [0.5, 0.6) is 11.5 Å². The molecule has 0 aliphatic heterocycles. The van der Waals surface area contributed by atoms with E-state index in [9.17, 15) is 0 Å². The number of methoxy groups -OCH3 is 2. The van der Waals surface area contributed by atoms with Crippen LogP contribution in [0.3, 0.4) is 0 Å².